The van der Waals surface area contributed by atoms with Crippen LogP contribution in [0.4, 0.5) is 0 Å². The van der Waals surface area contributed by atoms with Gasteiger partial charge in [0.05, 0.1) is 6.42 Å². The Bertz CT molecular complexity index is 351. The first-order valence-electron chi connectivity index (χ1n) is 4.83. The van der Waals surface area contributed by atoms with E-state index in [0.29, 0.717) is 6.54 Å². The number of carboxylic acid groups (broad SMARTS) is 1. The van der Waals surface area contributed by atoms with Gasteiger partial charge in [-0.15, -0.1) is 5.10 Å². The Hall–Kier alpha value is -1.99. The molecule has 8 nitrogen and oxygen atoms in total. The molecule has 1 amide bonds. The number of carboxylic acids is 1. The number of carbonyl (C=O) groups excluding carboxylic acids is 1. The Morgan fingerprint density at radius 1 is 1.50 bits per heavy atom. The maximum absolute atomic E-state index is 11.7. The van der Waals surface area contributed by atoms with Gasteiger partial charge in [-0.3, -0.25) is 9.59 Å². The van der Waals surface area contributed by atoms with Crippen LogP contribution in [0.5, 0.6) is 0 Å². The molecule has 0 radical (unpaired) electrons. The van der Waals surface area contributed by atoms with Gasteiger partial charge < -0.3 is 10.0 Å². The highest BCUT2D eigenvalue weighted by Gasteiger charge is 2.13. The van der Waals surface area contributed by atoms with E-state index in [1.54, 1.807) is 6.92 Å². The Kier molecular flexibility index (Phi) is 4.37. The van der Waals surface area contributed by atoms with Crippen molar-refractivity contribution in [3.05, 3.63) is 6.33 Å². The van der Waals surface area contributed by atoms with Crippen molar-refractivity contribution < 1.29 is 14.7 Å². The molecule has 0 fully saturated rings. The van der Waals surface area contributed by atoms with Crippen molar-refractivity contribution in [1.82, 2.24) is 25.1 Å². The van der Waals surface area contributed by atoms with Gasteiger partial charge in [0.25, 0.3) is 0 Å². The molecule has 1 aromatic heterocycles. The molecule has 8 heteroatoms. The molecule has 1 N–H and O–H groups in total. The fourth-order valence-electron chi connectivity index (χ4n) is 1.18. The normalized spacial score (nSPS) is 10.1. The van der Waals surface area contributed by atoms with Crippen molar-refractivity contribution in [3.8, 4) is 0 Å². The first kappa shape index (κ1) is 12.1. The third kappa shape index (κ3) is 3.64. The molecule has 1 aromatic rings. The summed E-state index contributed by atoms with van der Waals surface area (Å²) < 4.78 is 1.30. The van der Waals surface area contributed by atoms with Gasteiger partial charge >= 0.3 is 5.97 Å². The Morgan fingerprint density at radius 2 is 2.25 bits per heavy atom. The Morgan fingerprint density at radius 3 is 2.75 bits per heavy atom. The lowest BCUT2D eigenvalue weighted by Gasteiger charge is -2.19. The highest BCUT2D eigenvalue weighted by atomic mass is 16.4. The average Bonchev–Trinajstić information content (AvgIpc) is 2.71. The van der Waals surface area contributed by atoms with E-state index in [4.69, 9.17) is 5.11 Å². The molecule has 1 heterocycles. The van der Waals surface area contributed by atoms with Gasteiger partial charge in [-0.2, -0.15) is 0 Å². The van der Waals surface area contributed by atoms with E-state index < -0.39 is 5.97 Å². The van der Waals surface area contributed by atoms with Crippen LogP contribution in [0.2, 0.25) is 0 Å². The SMILES string of the molecule is CCN(CCC(=O)O)C(=O)Cn1cnnn1. The summed E-state index contributed by atoms with van der Waals surface area (Å²) in [6, 6.07) is 0. The number of hydrogen-bond acceptors (Lipinski definition) is 5. The second kappa shape index (κ2) is 5.79. The fraction of sp³-hybridized carbons (Fsp3) is 0.625. The zero-order valence-electron chi connectivity index (χ0n) is 8.91. The molecule has 1 rings (SSSR count). The van der Waals surface area contributed by atoms with Crippen LogP contribution >= 0.6 is 0 Å². The van der Waals surface area contributed by atoms with Crippen molar-refractivity contribution in [1.29, 1.82) is 0 Å². The standard InChI is InChI=1S/C8H13N5O3/c1-2-12(4-3-8(15)16)7(14)5-13-6-9-10-11-13/h6H,2-5H2,1H3,(H,15,16). The number of likely N-dealkylation sites (N-methyl/N-ethyl adjacent to an activating group) is 1. The van der Waals surface area contributed by atoms with E-state index in [1.807, 2.05) is 0 Å². The van der Waals surface area contributed by atoms with Crippen LogP contribution in [-0.2, 0) is 16.1 Å². The van der Waals surface area contributed by atoms with Gasteiger partial charge in [-0.1, -0.05) is 0 Å². The van der Waals surface area contributed by atoms with E-state index in [2.05, 4.69) is 15.5 Å². The number of rotatable bonds is 6. The number of nitrogens with zero attached hydrogens (tertiary/aromatic N) is 5. The molecular formula is C8H13N5O3. The minimum atomic E-state index is -0.923. The molecular weight excluding hydrogens is 214 g/mol. The van der Waals surface area contributed by atoms with Crippen LogP contribution < -0.4 is 0 Å². The molecule has 0 saturated heterocycles. The molecule has 0 aliphatic carbocycles. The minimum absolute atomic E-state index is 0.0282. The number of carbonyl (C=O) groups is 2. The second-order valence-electron chi connectivity index (χ2n) is 3.12. The van der Waals surface area contributed by atoms with Crippen molar-refractivity contribution in [3.63, 3.8) is 0 Å². The van der Waals surface area contributed by atoms with E-state index >= 15 is 0 Å². The predicted molar refractivity (Wildman–Crippen MR) is 52.3 cm³/mol. The van der Waals surface area contributed by atoms with Gasteiger partial charge in [0, 0.05) is 13.1 Å². The molecule has 0 aliphatic heterocycles. The maximum Gasteiger partial charge on any atom is 0.305 e. The number of tetrazole rings is 1. The summed E-state index contributed by atoms with van der Waals surface area (Å²) >= 11 is 0. The first-order chi connectivity index (χ1) is 7.63. The Labute approximate surface area is 91.8 Å². The monoisotopic (exact) mass is 227 g/mol. The lowest BCUT2D eigenvalue weighted by molar-refractivity contribution is -0.138. The van der Waals surface area contributed by atoms with E-state index in [9.17, 15) is 9.59 Å². The topological polar surface area (TPSA) is 101 Å². The molecule has 88 valence electrons. The summed E-state index contributed by atoms with van der Waals surface area (Å²) in [5.74, 6) is -1.12. The van der Waals surface area contributed by atoms with Gasteiger partial charge in [0.15, 0.2) is 0 Å². The molecule has 16 heavy (non-hydrogen) atoms. The Balaban J connectivity index is 2.46. The van der Waals surface area contributed by atoms with Crippen LogP contribution in [-0.4, -0.2) is 55.2 Å². The van der Waals surface area contributed by atoms with Crippen LogP contribution in [0, 0.1) is 0 Å². The molecule has 0 atom stereocenters. The summed E-state index contributed by atoms with van der Waals surface area (Å²) in [7, 11) is 0. The minimum Gasteiger partial charge on any atom is -0.481 e. The molecule has 0 aromatic carbocycles. The molecule has 0 saturated carbocycles. The van der Waals surface area contributed by atoms with Gasteiger partial charge in [-0.25, -0.2) is 4.68 Å². The largest absolute Gasteiger partial charge is 0.481 e. The summed E-state index contributed by atoms with van der Waals surface area (Å²) in [5, 5.41) is 18.9. The van der Waals surface area contributed by atoms with Crippen LogP contribution in [0.3, 0.4) is 0 Å². The third-order valence-corrected chi connectivity index (χ3v) is 2.02. The quantitative estimate of drug-likeness (QED) is 0.668. The summed E-state index contributed by atoms with van der Waals surface area (Å²) in [5.41, 5.74) is 0. The molecule has 0 bridgehead atoms. The molecule has 0 spiro atoms. The lowest BCUT2D eigenvalue weighted by Crippen LogP contribution is -2.35. The number of aromatic nitrogens is 4. The van der Waals surface area contributed by atoms with Crippen molar-refractivity contribution in [2.45, 2.75) is 19.9 Å². The summed E-state index contributed by atoms with van der Waals surface area (Å²) in [6.45, 7) is 2.49. The predicted octanol–water partition coefficient (Wildman–Crippen LogP) is -1.00. The first-order valence-corrected chi connectivity index (χ1v) is 4.83. The zero-order chi connectivity index (χ0) is 12.0. The lowest BCUT2D eigenvalue weighted by atomic mass is 10.3. The summed E-state index contributed by atoms with van der Waals surface area (Å²) in [4.78, 5) is 23.5. The third-order valence-electron chi connectivity index (χ3n) is 2.02. The number of aliphatic carboxylic acids is 1. The highest BCUT2D eigenvalue weighted by Crippen LogP contribution is 1.95. The van der Waals surface area contributed by atoms with Crippen LogP contribution in [0.25, 0.3) is 0 Å². The fourth-order valence-corrected chi connectivity index (χ4v) is 1.18. The van der Waals surface area contributed by atoms with Crippen molar-refractivity contribution in [2.24, 2.45) is 0 Å². The van der Waals surface area contributed by atoms with E-state index in [-0.39, 0.29) is 25.4 Å². The zero-order valence-corrected chi connectivity index (χ0v) is 8.91. The van der Waals surface area contributed by atoms with E-state index in [1.165, 1.54) is 15.9 Å². The van der Waals surface area contributed by atoms with Crippen LogP contribution in [0.15, 0.2) is 6.33 Å². The highest BCUT2D eigenvalue weighted by molar-refractivity contribution is 5.76. The molecule has 0 aliphatic rings. The van der Waals surface area contributed by atoms with Gasteiger partial charge in [0.2, 0.25) is 5.91 Å². The maximum atomic E-state index is 11.7. The number of hydrogen-bond donors (Lipinski definition) is 1. The average molecular weight is 227 g/mol. The van der Waals surface area contributed by atoms with Crippen molar-refractivity contribution in [2.75, 3.05) is 13.1 Å². The van der Waals surface area contributed by atoms with Crippen molar-refractivity contribution >= 4 is 11.9 Å². The van der Waals surface area contributed by atoms with Gasteiger partial charge in [0.1, 0.15) is 12.9 Å². The smallest absolute Gasteiger partial charge is 0.305 e. The summed E-state index contributed by atoms with van der Waals surface area (Å²) in [6.07, 6.45) is 1.28. The molecule has 0 unspecified atom stereocenters. The van der Waals surface area contributed by atoms with E-state index in [0.717, 1.165) is 0 Å². The van der Waals surface area contributed by atoms with Gasteiger partial charge in [-0.05, 0) is 17.4 Å². The number of amides is 1. The second-order valence-corrected chi connectivity index (χ2v) is 3.12. The van der Waals surface area contributed by atoms with Crippen LogP contribution in [0.1, 0.15) is 13.3 Å².